The Morgan fingerprint density at radius 1 is 1.26 bits per heavy atom. The van der Waals surface area contributed by atoms with Gasteiger partial charge in [0.15, 0.2) is 0 Å². The fraction of sp³-hybridized carbons (Fsp3) is 0.500. The number of aromatic amines is 1. The van der Waals surface area contributed by atoms with Crippen molar-refractivity contribution in [2.75, 3.05) is 6.54 Å². The van der Waals surface area contributed by atoms with Gasteiger partial charge in [0.25, 0.3) is 0 Å². The summed E-state index contributed by atoms with van der Waals surface area (Å²) in [5.74, 6) is 0. The molecule has 3 N–H and O–H groups in total. The molecule has 19 heavy (non-hydrogen) atoms. The summed E-state index contributed by atoms with van der Waals surface area (Å²) < 4.78 is 0. The van der Waals surface area contributed by atoms with Crippen molar-refractivity contribution < 1.29 is 0 Å². The summed E-state index contributed by atoms with van der Waals surface area (Å²) in [5, 5.41) is 8.77. The minimum absolute atomic E-state index is 0.307. The second-order valence-electron chi connectivity index (χ2n) is 6.00. The molecule has 1 aliphatic heterocycles. The molecular formula is C16H21N3. The monoisotopic (exact) mass is 255 g/mol. The molecule has 0 spiro atoms. The number of rotatable bonds is 2. The summed E-state index contributed by atoms with van der Waals surface area (Å²) in [6.07, 6.45) is 5.46. The van der Waals surface area contributed by atoms with Crippen molar-refractivity contribution in [3.63, 3.8) is 0 Å². The average Bonchev–Trinajstić information content (AvgIpc) is 2.73. The summed E-state index contributed by atoms with van der Waals surface area (Å²) in [7, 11) is 0. The van der Waals surface area contributed by atoms with Gasteiger partial charge in [0.1, 0.15) is 0 Å². The molecule has 0 bridgehead atoms. The highest BCUT2D eigenvalue weighted by molar-refractivity contribution is 5.85. The molecule has 3 heteroatoms. The molecule has 1 atom stereocenters. The van der Waals surface area contributed by atoms with Gasteiger partial charge in [0.2, 0.25) is 0 Å². The standard InChI is InChI=1S/C16H21N3/c1-10-5-6-14-13(9-10)12-7-8-17-16(15(12)19-14)18-11-3-2-4-11/h5-6,9,11,16-19H,2-4,7-8H2,1H3. The van der Waals surface area contributed by atoms with Crippen LogP contribution in [0, 0.1) is 6.92 Å². The van der Waals surface area contributed by atoms with Crippen LogP contribution in [-0.2, 0) is 6.42 Å². The van der Waals surface area contributed by atoms with Crippen molar-refractivity contribution in [1.29, 1.82) is 0 Å². The highest BCUT2D eigenvalue weighted by Crippen LogP contribution is 2.31. The van der Waals surface area contributed by atoms with Crippen molar-refractivity contribution >= 4 is 10.9 Å². The van der Waals surface area contributed by atoms with Crippen LogP contribution in [-0.4, -0.2) is 17.6 Å². The van der Waals surface area contributed by atoms with E-state index in [1.807, 2.05) is 0 Å². The van der Waals surface area contributed by atoms with Crippen LogP contribution in [0.15, 0.2) is 18.2 Å². The van der Waals surface area contributed by atoms with Crippen LogP contribution in [0.25, 0.3) is 10.9 Å². The highest BCUT2D eigenvalue weighted by Gasteiger charge is 2.27. The zero-order valence-electron chi connectivity index (χ0n) is 11.4. The third kappa shape index (κ3) is 1.88. The van der Waals surface area contributed by atoms with E-state index < -0.39 is 0 Å². The molecule has 1 aliphatic carbocycles. The SMILES string of the molecule is Cc1ccc2[nH]c3c(c2c1)CCNC3NC1CCC1. The van der Waals surface area contributed by atoms with E-state index in [0.717, 1.165) is 13.0 Å². The fourth-order valence-corrected chi connectivity index (χ4v) is 3.29. The molecular weight excluding hydrogens is 234 g/mol. The third-order valence-electron chi connectivity index (χ3n) is 4.61. The van der Waals surface area contributed by atoms with E-state index in [9.17, 15) is 0 Å². The van der Waals surface area contributed by atoms with Crippen LogP contribution >= 0.6 is 0 Å². The summed E-state index contributed by atoms with van der Waals surface area (Å²) in [5.41, 5.74) is 5.49. The van der Waals surface area contributed by atoms with Crippen LogP contribution in [0.5, 0.6) is 0 Å². The van der Waals surface area contributed by atoms with Crippen LogP contribution in [0.1, 0.15) is 42.2 Å². The van der Waals surface area contributed by atoms with Gasteiger partial charge in [-0.2, -0.15) is 0 Å². The van der Waals surface area contributed by atoms with Crippen LogP contribution in [0.2, 0.25) is 0 Å². The first-order valence-corrected chi connectivity index (χ1v) is 7.42. The lowest BCUT2D eigenvalue weighted by molar-refractivity contribution is 0.273. The maximum Gasteiger partial charge on any atom is 0.0993 e. The van der Waals surface area contributed by atoms with E-state index in [2.05, 4.69) is 40.7 Å². The topological polar surface area (TPSA) is 39.9 Å². The second-order valence-corrected chi connectivity index (χ2v) is 6.00. The minimum Gasteiger partial charge on any atom is -0.356 e. The Balaban J connectivity index is 1.75. The molecule has 4 rings (SSSR count). The summed E-state index contributed by atoms with van der Waals surface area (Å²) in [4.78, 5) is 3.62. The zero-order chi connectivity index (χ0) is 12.8. The van der Waals surface area contributed by atoms with Crippen molar-refractivity contribution in [2.24, 2.45) is 0 Å². The number of aryl methyl sites for hydroxylation is 1. The Hall–Kier alpha value is -1.32. The molecule has 0 amide bonds. The lowest BCUT2D eigenvalue weighted by Crippen LogP contribution is -2.46. The second kappa shape index (κ2) is 4.36. The van der Waals surface area contributed by atoms with E-state index >= 15 is 0 Å². The molecule has 1 saturated carbocycles. The fourth-order valence-electron chi connectivity index (χ4n) is 3.29. The Bertz CT molecular complexity index is 610. The van der Waals surface area contributed by atoms with E-state index in [4.69, 9.17) is 0 Å². The molecule has 1 unspecified atom stereocenters. The first kappa shape index (κ1) is 11.5. The molecule has 3 nitrogen and oxygen atoms in total. The Morgan fingerprint density at radius 3 is 2.95 bits per heavy atom. The maximum atomic E-state index is 3.74. The first-order valence-electron chi connectivity index (χ1n) is 7.42. The lowest BCUT2D eigenvalue weighted by Gasteiger charge is -2.34. The number of aromatic nitrogens is 1. The molecule has 100 valence electrons. The normalized spacial score (nSPS) is 23.3. The van der Waals surface area contributed by atoms with Gasteiger partial charge in [0.05, 0.1) is 11.9 Å². The highest BCUT2D eigenvalue weighted by atomic mass is 15.2. The zero-order valence-corrected chi connectivity index (χ0v) is 11.4. The number of hydrogen-bond acceptors (Lipinski definition) is 2. The average molecular weight is 255 g/mol. The molecule has 2 aliphatic rings. The van der Waals surface area contributed by atoms with Crippen molar-refractivity contribution in [2.45, 2.75) is 44.8 Å². The molecule has 0 radical (unpaired) electrons. The molecule has 2 heterocycles. The lowest BCUT2D eigenvalue weighted by atomic mass is 9.92. The van der Waals surface area contributed by atoms with Gasteiger partial charge in [-0.1, -0.05) is 18.1 Å². The van der Waals surface area contributed by atoms with E-state index in [0.29, 0.717) is 12.2 Å². The predicted molar refractivity (Wildman–Crippen MR) is 78.3 cm³/mol. The number of fused-ring (bicyclic) bond motifs is 3. The predicted octanol–water partition coefficient (Wildman–Crippen LogP) is 2.76. The Morgan fingerprint density at radius 2 is 2.16 bits per heavy atom. The molecule has 1 fully saturated rings. The third-order valence-corrected chi connectivity index (χ3v) is 4.61. The number of nitrogens with one attached hydrogen (secondary N) is 3. The molecule has 2 aromatic rings. The van der Waals surface area contributed by atoms with Crippen LogP contribution in [0.3, 0.4) is 0 Å². The van der Waals surface area contributed by atoms with Crippen LogP contribution < -0.4 is 10.6 Å². The molecule has 1 aromatic carbocycles. The quantitative estimate of drug-likeness (QED) is 0.772. The van der Waals surface area contributed by atoms with Crippen molar-refractivity contribution in [3.8, 4) is 0 Å². The van der Waals surface area contributed by atoms with E-state index in [-0.39, 0.29) is 0 Å². The first-order chi connectivity index (χ1) is 9.31. The van der Waals surface area contributed by atoms with Crippen molar-refractivity contribution in [1.82, 2.24) is 15.6 Å². The molecule has 1 aromatic heterocycles. The van der Waals surface area contributed by atoms with Gasteiger partial charge in [-0.15, -0.1) is 0 Å². The van der Waals surface area contributed by atoms with E-state index in [1.54, 1.807) is 0 Å². The van der Waals surface area contributed by atoms with Gasteiger partial charge in [-0.3, -0.25) is 10.6 Å². The smallest absolute Gasteiger partial charge is 0.0993 e. The van der Waals surface area contributed by atoms with Crippen molar-refractivity contribution in [3.05, 3.63) is 35.0 Å². The van der Waals surface area contributed by atoms with Gasteiger partial charge in [0, 0.05) is 23.5 Å². The van der Waals surface area contributed by atoms with Crippen LogP contribution in [0.4, 0.5) is 0 Å². The summed E-state index contributed by atoms with van der Waals surface area (Å²) >= 11 is 0. The largest absolute Gasteiger partial charge is 0.356 e. The van der Waals surface area contributed by atoms with Gasteiger partial charge < -0.3 is 4.98 Å². The molecule has 0 saturated heterocycles. The summed E-state index contributed by atoms with van der Waals surface area (Å²) in [6, 6.07) is 7.42. The van der Waals surface area contributed by atoms with E-state index in [1.165, 1.54) is 47.0 Å². The van der Waals surface area contributed by atoms with Gasteiger partial charge in [-0.05, 0) is 43.9 Å². The maximum absolute atomic E-state index is 3.74. The van der Waals surface area contributed by atoms with Gasteiger partial charge in [-0.25, -0.2) is 0 Å². The number of benzene rings is 1. The Kier molecular flexibility index (Phi) is 2.64. The number of H-pyrrole nitrogens is 1. The van der Waals surface area contributed by atoms with Gasteiger partial charge >= 0.3 is 0 Å². The number of hydrogen-bond donors (Lipinski definition) is 3. The summed E-state index contributed by atoms with van der Waals surface area (Å²) in [6.45, 7) is 3.24. The Labute approximate surface area is 113 Å². The minimum atomic E-state index is 0.307.